The number of nitrogens with zero attached hydrogens (tertiary/aromatic N) is 3. The molecule has 6 nitrogen and oxygen atoms in total. The summed E-state index contributed by atoms with van der Waals surface area (Å²) in [6.07, 6.45) is 1.50. The van der Waals surface area contributed by atoms with Crippen molar-refractivity contribution in [3.8, 4) is 17.1 Å². The van der Waals surface area contributed by atoms with Gasteiger partial charge in [0.15, 0.2) is 0 Å². The first kappa shape index (κ1) is 17.2. The molecule has 0 radical (unpaired) electrons. The summed E-state index contributed by atoms with van der Waals surface area (Å²) in [5.74, 6) is 0.651. The Bertz CT molecular complexity index is 955. The van der Waals surface area contributed by atoms with Crippen molar-refractivity contribution >= 4 is 5.91 Å². The number of amides is 1. The van der Waals surface area contributed by atoms with Gasteiger partial charge in [0.25, 0.3) is 5.91 Å². The first-order valence-corrected chi connectivity index (χ1v) is 8.71. The van der Waals surface area contributed by atoms with Gasteiger partial charge in [-0.1, -0.05) is 17.3 Å². The summed E-state index contributed by atoms with van der Waals surface area (Å²) in [5.41, 5.74) is 0.843. The number of hydrogen-bond donors (Lipinski definition) is 0. The predicted octanol–water partition coefficient (Wildman–Crippen LogP) is 3.86. The van der Waals surface area contributed by atoms with Gasteiger partial charge in [-0.05, 0) is 49.2 Å². The van der Waals surface area contributed by atoms with Crippen molar-refractivity contribution in [1.29, 1.82) is 0 Å². The molecule has 1 aliphatic heterocycles. The SMILES string of the molecule is COc1ccc(-c2noc(C3CCCN3C(=O)c3ccccc3F)n2)cc1. The quantitative estimate of drug-likeness (QED) is 0.700. The van der Waals surface area contributed by atoms with Gasteiger partial charge in [-0.3, -0.25) is 4.79 Å². The van der Waals surface area contributed by atoms with E-state index in [-0.39, 0.29) is 17.5 Å². The molecule has 1 unspecified atom stereocenters. The summed E-state index contributed by atoms with van der Waals surface area (Å²) < 4.78 is 24.6. The molecular formula is C20H18FN3O3. The highest BCUT2D eigenvalue weighted by atomic mass is 19.1. The third-order valence-corrected chi connectivity index (χ3v) is 4.69. The van der Waals surface area contributed by atoms with Gasteiger partial charge in [-0.15, -0.1) is 0 Å². The molecule has 1 fully saturated rings. The lowest BCUT2D eigenvalue weighted by Gasteiger charge is -2.22. The van der Waals surface area contributed by atoms with Gasteiger partial charge in [-0.25, -0.2) is 4.39 Å². The molecule has 1 saturated heterocycles. The van der Waals surface area contributed by atoms with Gasteiger partial charge >= 0.3 is 0 Å². The Morgan fingerprint density at radius 3 is 2.74 bits per heavy atom. The molecule has 1 aliphatic rings. The van der Waals surface area contributed by atoms with Crippen molar-refractivity contribution in [1.82, 2.24) is 15.0 Å². The maximum absolute atomic E-state index is 14.0. The summed E-state index contributed by atoms with van der Waals surface area (Å²) in [6.45, 7) is 0.526. The number of carbonyl (C=O) groups is 1. The average Bonchev–Trinajstić information content (AvgIpc) is 3.37. The number of methoxy groups -OCH3 is 1. The Kier molecular flexibility index (Phi) is 4.58. The van der Waals surface area contributed by atoms with E-state index in [9.17, 15) is 9.18 Å². The van der Waals surface area contributed by atoms with Gasteiger partial charge in [0, 0.05) is 12.1 Å². The second-order valence-corrected chi connectivity index (χ2v) is 6.32. The maximum atomic E-state index is 14.0. The first-order valence-electron chi connectivity index (χ1n) is 8.71. The van der Waals surface area contributed by atoms with E-state index in [0.29, 0.717) is 24.7 Å². The number of rotatable bonds is 4. The molecular weight excluding hydrogens is 349 g/mol. The number of likely N-dealkylation sites (tertiary alicyclic amines) is 1. The van der Waals surface area contributed by atoms with Crippen LogP contribution in [0.15, 0.2) is 53.1 Å². The number of aromatic nitrogens is 2. The largest absolute Gasteiger partial charge is 0.497 e. The monoisotopic (exact) mass is 367 g/mol. The van der Waals surface area contributed by atoms with E-state index in [4.69, 9.17) is 9.26 Å². The highest BCUT2D eigenvalue weighted by molar-refractivity contribution is 5.94. The fourth-order valence-electron chi connectivity index (χ4n) is 3.28. The highest BCUT2D eigenvalue weighted by Gasteiger charge is 2.35. The summed E-state index contributed by atoms with van der Waals surface area (Å²) in [6, 6.07) is 12.9. The zero-order valence-electron chi connectivity index (χ0n) is 14.8. The molecule has 0 spiro atoms. The van der Waals surface area contributed by atoms with Crippen molar-refractivity contribution in [3.05, 3.63) is 65.8 Å². The molecule has 138 valence electrons. The lowest BCUT2D eigenvalue weighted by molar-refractivity contribution is 0.0705. The molecule has 2 heterocycles. The van der Waals surface area contributed by atoms with Gasteiger partial charge in [0.2, 0.25) is 11.7 Å². The first-order chi connectivity index (χ1) is 13.2. The normalized spacial score (nSPS) is 16.5. The number of benzene rings is 2. The molecule has 1 atom stereocenters. The minimum atomic E-state index is -0.530. The van der Waals surface area contributed by atoms with Crippen molar-refractivity contribution in [2.75, 3.05) is 13.7 Å². The Labute approximate surface area is 155 Å². The lowest BCUT2D eigenvalue weighted by atomic mass is 10.1. The van der Waals surface area contributed by atoms with Gasteiger partial charge in [0.05, 0.1) is 12.7 Å². The molecule has 2 aromatic carbocycles. The van der Waals surface area contributed by atoms with Crippen LogP contribution in [0.4, 0.5) is 4.39 Å². The molecule has 1 aromatic heterocycles. The molecule has 27 heavy (non-hydrogen) atoms. The fraction of sp³-hybridized carbons (Fsp3) is 0.250. The van der Waals surface area contributed by atoms with E-state index in [0.717, 1.165) is 17.7 Å². The van der Waals surface area contributed by atoms with Crippen LogP contribution >= 0.6 is 0 Å². The van der Waals surface area contributed by atoms with E-state index in [1.165, 1.54) is 12.1 Å². The second kappa shape index (κ2) is 7.19. The Hall–Kier alpha value is -3.22. The summed E-state index contributed by atoms with van der Waals surface area (Å²) in [4.78, 5) is 18.8. The van der Waals surface area contributed by atoms with Crippen LogP contribution < -0.4 is 4.74 Å². The Morgan fingerprint density at radius 1 is 1.22 bits per heavy atom. The molecule has 0 bridgehead atoms. The number of hydrogen-bond acceptors (Lipinski definition) is 5. The molecule has 1 amide bonds. The molecule has 0 saturated carbocycles. The van der Waals surface area contributed by atoms with Crippen LogP contribution in [0.3, 0.4) is 0 Å². The third-order valence-electron chi connectivity index (χ3n) is 4.69. The molecule has 7 heteroatoms. The van der Waals surface area contributed by atoms with Gasteiger partial charge < -0.3 is 14.2 Å². The van der Waals surface area contributed by atoms with Crippen molar-refractivity contribution in [2.45, 2.75) is 18.9 Å². The molecule has 3 aromatic rings. The summed E-state index contributed by atoms with van der Waals surface area (Å²) in [7, 11) is 1.60. The number of halogens is 1. The van der Waals surface area contributed by atoms with E-state index < -0.39 is 5.82 Å². The van der Waals surface area contributed by atoms with Crippen LogP contribution in [0.5, 0.6) is 5.75 Å². The standard InChI is InChI=1S/C20H18FN3O3/c1-26-14-10-8-13(9-11-14)18-22-19(27-23-18)17-7-4-12-24(17)20(25)15-5-2-3-6-16(15)21/h2-3,5-6,8-11,17H,4,7,12H2,1H3. The topological polar surface area (TPSA) is 68.5 Å². The zero-order chi connectivity index (χ0) is 18.8. The van der Waals surface area contributed by atoms with E-state index >= 15 is 0 Å². The smallest absolute Gasteiger partial charge is 0.257 e. The van der Waals surface area contributed by atoms with Crippen LogP contribution in [0.2, 0.25) is 0 Å². The maximum Gasteiger partial charge on any atom is 0.257 e. The number of carbonyl (C=O) groups excluding carboxylic acids is 1. The van der Waals surface area contributed by atoms with Crippen molar-refractivity contribution in [3.63, 3.8) is 0 Å². The molecule has 4 rings (SSSR count). The highest BCUT2D eigenvalue weighted by Crippen LogP contribution is 2.33. The zero-order valence-corrected chi connectivity index (χ0v) is 14.8. The minimum Gasteiger partial charge on any atom is -0.497 e. The van der Waals surface area contributed by atoms with Crippen LogP contribution in [0, 0.1) is 5.82 Å². The lowest BCUT2D eigenvalue weighted by Crippen LogP contribution is -2.31. The minimum absolute atomic E-state index is 0.0549. The molecule has 0 N–H and O–H groups in total. The second-order valence-electron chi connectivity index (χ2n) is 6.32. The van der Waals surface area contributed by atoms with Crippen LogP contribution in [-0.2, 0) is 0 Å². The van der Waals surface area contributed by atoms with Gasteiger partial charge in [0.1, 0.15) is 17.6 Å². The molecule has 0 aliphatic carbocycles. The van der Waals surface area contributed by atoms with E-state index in [2.05, 4.69) is 10.1 Å². The Morgan fingerprint density at radius 2 is 2.00 bits per heavy atom. The average molecular weight is 367 g/mol. The third kappa shape index (κ3) is 3.28. The summed E-state index contributed by atoms with van der Waals surface area (Å²) >= 11 is 0. The van der Waals surface area contributed by atoms with E-state index in [1.54, 1.807) is 24.1 Å². The number of ether oxygens (including phenoxy) is 1. The van der Waals surface area contributed by atoms with Crippen LogP contribution in [0.1, 0.15) is 35.1 Å². The Balaban J connectivity index is 1.58. The van der Waals surface area contributed by atoms with E-state index in [1.807, 2.05) is 24.3 Å². The van der Waals surface area contributed by atoms with Crippen molar-refractivity contribution in [2.24, 2.45) is 0 Å². The summed E-state index contributed by atoms with van der Waals surface area (Å²) in [5, 5.41) is 4.03. The van der Waals surface area contributed by atoms with Crippen molar-refractivity contribution < 1.29 is 18.4 Å². The predicted molar refractivity (Wildman–Crippen MR) is 95.7 cm³/mol. The van der Waals surface area contributed by atoms with Crippen LogP contribution in [0.25, 0.3) is 11.4 Å². The fourth-order valence-corrected chi connectivity index (χ4v) is 3.28. The van der Waals surface area contributed by atoms with Crippen LogP contribution in [-0.4, -0.2) is 34.6 Å². The van der Waals surface area contributed by atoms with Gasteiger partial charge in [-0.2, -0.15) is 4.98 Å².